The number of aliphatic carboxylic acids is 1. The van der Waals surface area contributed by atoms with Crippen LogP contribution in [0.5, 0.6) is 11.5 Å². The maximum absolute atomic E-state index is 11.4. The van der Waals surface area contributed by atoms with Gasteiger partial charge in [0, 0.05) is 52.8 Å². The van der Waals surface area contributed by atoms with Gasteiger partial charge in [0.05, 0.1) is 14.2 Å². The van der Waals surface area contributed by atoms with Crippen molar-refractivity contribution in [1.29, 1.82) is 0 Å². The Balaban J connectivity index is 2.03. The third kappa shape index (κ3) is 4.85. The molecule has 0 radical (unpaired) electrons. The number of hydrogen-bond donors (Lipinski definition) is 2. The fourth-order valence-corrected chi connectivity index (χ4v) is 4.09. The number of hydrogen-bond acceptors (Lipinski definition) is 5. The lowest BCUT2D eigenvalue weighted by Crippen LogP contribution is -2.27. The zero-order chi connectivity index (χ0) is 22.5. The van der Waals surface area contributed by atoms with E-state index in [9.17, 15) is 9.90 Å². The first-order chi connectivity index (χ1) is 14.9. The molecule has 1 aliphatic heterocycles. The van der Waals surface area contributed by atoms with Gasteiger partial charge in [0.1, 0.15) is 11.5 Å². The van der Waals surface area contributed by atoms with Crippen LogP contribution in [-0.2, 0) is 9.53 Å². The maximum Gasteiger partial charge on any atom is 0.331 e. The summed E-state index contributed by atoms with van der Waals surface area (Å²) in [6.07, 6.45) is 3.66. The van der Waals surface area contributed by atoms with Crippen molar-refractivity contribution in [2.24, 2.45) is 0 Å². The van der Waals surface area contributed by atoms with Crippen LogP contribution < -0.4 is 14.8 Å². The summed E-state index contributed by atoms with van der Waals surface area (Å²) in [6, 6.07) is 8.73. The van der Waals surface area contributed by atoms with Crippen LogP contribution >= 0.6 is 0 Å². The lowest BCUT2D eigenvalue weighted by molar-refractivity contribution is -0.132. The van der Waals surface area contributed by atoms with Gasteiger partial charge in [-0.15, -0.1) is 0 Å². The molecule has 0 spiro atoms. The number of methoxy groups -OCH3 is 2. The minimum atomic E-state index is -0.963. The van der Waals surface area contributed by atoms with Gasteiger partial charge in [0.2, 0.25) is 0 Å². The molecule has 0 aromatic heterocycles. The van der Waals surface area contributed by atoms with E-state index in [1.807, 2.05) is 13.8 Å². The van der Waals surface area contributed by atoms with Gasteiger partial charge in [0.25, 0.3) is 0 Å². The van der Waals surface area contributed by atoms with E-state index < -0.39 is 5.97 Å². The standard InChI is InChI=1S/C25H31NO5/c1-15(25(27)28)14-21-16(2)24(30-5)22(17(3)23(21)29-4)18-6-8-19(9-7-18)26-20-10-12-31-13-11-20/h6-9,14,20,26H,10-13H2,1-5H3,(H,27,28)/b15-14+. The molecule has 1 aliphatic rings. The molecule has 31 heavy (non-hydrogen) atoms. The second-order valence-corrected chi connectivity index (χ2v) is 7.85. The molecule has 0 atom stereocenters. The number of carboxylic acid groups (broad SMARTS) is 1. The van der Waals surface area contributed by atoms with E-state index in [1.54, 1.807) is 27.2 Å². The Morgan fingerprint density at radius 3 is 2.23 bits per heavy atom. The van der Waals surface area contributed by atoms with Crippen molar-refractivity contribution in [2.75, 3.05) is 32.8 Å². The second kappa shape index (κ2) is 9.88. The monoisotopic (exact) mass is 425 g/mol. The average Bonchev–Trinajstić information content (AvgIpc) is 2.77. The summed E-state index contributed by atoms with van der Waals surface area (Å²) in [5, 5.41) is 12.9. The average molecular weight is 426 g/mol. The number of rotatable bonds is 7. The molecule has 0 saturated carbocycles. The smallest absolute Gasteiger partial charge is 0.331 e. The summed E-state index contributed by atoms with van der Waals surface area (Å²) >= 11 is 0. The Morgan fingerprint density at radius 1 is 1.06 bits per heavy atom. The Morgan fingerprint density at radius 2 is 1.68 bits per heavy atom. The molecule has 6 nitrogen and oxygen atoms in total. The normalized spacial score (nSPS) is 14.9. The minimum absolute atomic E-state index is 0.235. The third-order valence-electron chi connectivity index (χ3n) is 5.80. The van der Waals surface area contributed by atoms with Crippen LogP contribution in [0.4, 0.5) is 5.69 Å². The van der Waals surface area contributed by atoms with Crippen molar-refractivity contribution in [2.45, 2.75) is 39.7 Å². The molecule has 1 fully saturated rings. The molecule has 166 valence electrons. The molecule has 0 amide bonds. The van der Waals surface area contributed by atoms with Gasteiger partial charge in [-0.2, -0.15) is 0 Å². The first kappa shape index (κ1) is 22.7. The highest BCUT2D eigenvalue weighted by Gasteiger charge is 2.22. The van der Waals surface area contributed by atoms with Gasteiger partial charge < -0.3 is 24.6 Å². The van der Waals surface area contributed by atoms with Crippen LogP contribution in [0.3, 0.4) is 0 Å². The van der Waals surface area contributed by atoms with Crippen molar-refractivity contribution in [3.8, 4) is 22.6 Å². The van der Waals surface area contributed by atoms with E-state index in [4.69, 9.17) is 14.2 Å². The Bertz CT molecular complexity index is 973. The fraction of sp³-hybridized carbons (Fsp3) is 0.400. The van der Waals surface area contributed by atoms with E-state index >= 15 is 0 Å². The van der Waals surface area contributed by atoms with Crippen LogP contribution in [0, 0.1) is 13.8 Å². The number of carbonyl (C=O) groups is 1. The predicted octanol–water partition coefficient (Wildman–Crippen LogP) is 5.07. The number of anilines is 1. The molecule has 3 rings (SSSR count). The quantitative estimate of drug-likeness (QED) is 0.604. The van der Waals surface area contributed by atoms with Crippen molar-refractivity contribution in [3.63, 3.8) is 0 Å². The first-order valence-electron chi connectivity index (χ1n) is 10.5. The van der Waals surface area contributed by atoms with Crippen LogP contribution in [0.2, 0.25) is 0 Å². The SMILES string of the molecule is COc1c(C)c(-c2ccc(NC3CCOCC3)cc2)c(OC)c(C)c1/C=C(\C)C(=O)O. The summed E-state index contributed by atoms with van der Waals surface area (Å²) in [5.41, 5.74) is 5.73. The summed E-state index contributed by atoms with van der Waals surface area (Å²) in [7, 11) is 3.24. The van der Waals surface area contributed by atoms with Crippen LogP contribution in [0.15, 0.2) is 29.8 Å². The molecule has 0 aliphatic carbocycles. The fourth-order valence-electron chi connectivity index (χ4n) is 4.09. The summed E-state index contributed by atoms with van der Waals surface area (Å²) < 4.78 is 16.9. The topological polar surface area (TPSA) is 77.0 Å². The van der Waals surface area contributed by atoms with E-state index in [0.717, 1.165) is 59.6 Å². The Kier molecular flexibility index (Phi) is 7.23. The van der Waals surface area contributed by atoms with E-state index in [1.165, 1.54) is 0 Å². The van der Waals surface area contributed by atoms with Crippen molar-refractivity contribution in [1.82, 2.24) is 0 Å². The van der Waals surface area contributed by atoms with E-state index in [-0.39, 0.29) is 5.57 Å². The molecular weight excluding hydrogens is 394 g/mol. The summed E-state index contributed by atoms with van der Waals surface area (Å²) in [5.74, 6) is 0.404. The number of carboxylic acids is 1. The highest BCUT2D eigenvalue weighted by Crippen LogP contribution is 2.44. The van der Waals surface area contributed by atoms with Gasteiger partial charge in [-0.05, 0) is 57.4 Å². The molecule has 6 heteroatoms. The number of benzene rings is 2. The zero-order valence-electron chi connectivity index (χ0n) is 18.9. The highest BCUT2D eigenvalue weighted by molar-refractivity contribution is 5.93. The van der Waals surface area contributed by atoms with Crippen LogP contribution in [0.25, 0.3) is 17.2 Å². The van der Waals surface area contributed by atoms with Gasteiger partial charge in [-0.1, -0.05) is 12.1 Å². The van der Waals surface area contributed by atoms with Crippen LogP contribution in [0.1, 0.15) is 36.5 Å². The van der Waals surface area contributed by atoms with Crippen LogP contribution in [-0.4, -0.2) is 44.6 Å². The zero-order valence-corrected chi connectivity index (χ0v) is 18.9. The largest absolute Gasteiger partial charge is 0.496 e. The van der Waals surface area contributed by atoms with Crippen molar-refractivity contribution >= 4 is 17.7 Å². The molecule has 2 aromatic rings. The minimum Gasteiger partial charge on any atom is -0.496 e. The number of nitrogens with one attached hydrogen (secondary N) is 1. The maximum atomic E-state index is 11.4. The second-order valence-electron chi connectivity index (χ2n) is 7.85. The predicted molar refractivity (Wildman–Crippen MR) is 123 cm³/mol. The molecule has 1 saturated heterocycles. The Hall–Kier alpha value is -2.99. The summed E-state index contributed by atoms with van der Waals surface area (Å²) in [6.45, 7) is 7.06. The summed E-state index contributed by atoms with van der Waals surface area (Å²) in [4.78, 5) is 11.4. The van der Waals surface area contributed by atoms with E-state index in [0.29, 0.717) is 17.5 Å². The highest BCUT2D eigenvalue weighted by atomic mass is 16.5. The molecular formula is C25H31NO5. The molecule has 0 unspecified atom stereocenters. The van der Waals surface area contributed by atoms with Crippen molar-refractivity contribution in [3.05, 3.63) is 46.5 Å². The molecule has 2 N–H and O–H groups in total. The molecule has 1 heterocycles. The Labute approximate surface area is 183 Å². The van der Waals surface area contributed by atoms with Gasteiger partial charge in [-0.3, -0.25) is 0 Å². The van der Waals surface area contributed by atoms with E-state index in [2.05, 4.69) is 29.6 Å². The van der Waals surface area contributed by atoms with Gasteiger partial charge >= 0.3 is 5.97 Å². The first-order valence-corrected chi connectivity index (χ1v) is 10.5. The molecule has 2 aromatic carbocycles. The van der Waals surface area contributed by atoms with Crippen molar-refractivity contribution < 1.29 is 24.1 Å². The number of ether oxygens (including phenoxy) is 3. The lowest BCUT2D eigenvalue weighted by Gasteiger charge is -2.24. The van der Waals surface area contributed by atoms with Gasteiger partial charge in [-0.25, -0.2) is 4.79 Å². The molecule has 0 bridgehead atoms. The lowest BCUT2D eigenvalue weighted by atomic mass is 9.91. The van der Waals surface area contributed by atoms with Gasteiger partial charge in [0.15, 0.2) is 0 Å². The third-order valence-corrected chi connectivity index (χ3v) is 5.80.